The molecule has 1 aromatic carbocycles. The van der Waals surface area contributed by atoms with E-state index in [1.807, 2.05) is 24.3 Å². The Bertz CT molecular complexity index is 574. The number of amides is 1. The number of nitrogens with one attached hydrogen (secondary N) is 1. The summed E-state index contributed by atoms with van der Waals surface area (Å²) in [6.45, 7) is 0. The van der Waals surface area contributed by atoms with Crippen molar-refractivity contribution in [2.24, 2.45) is 12.1 Å². The molecule has 0 aliphatic rings. The first-order chi connectivity index (χ1) is 8.66. The topological polar surface area (TPSA) is 59.3 Å². The van der Waals surface area contributed by atoms with Gasteiger partial charge in [0.15, 0.2) is 0 Å². The number of carbonyl (C=O) groups excluding carboxylic acids is 1. The van der Waals surface area contributed by atoms with Crippen molar-refractivity contribution < 1.29 is 4.79 Å². The zero-order valence-electron chi connectivity index (χ0n) is 9.67. The minimum absolute atomic E-state index is 0.289. The van der Waals surface area contributed by atoms with Crippen molar-refractivity contribution in [1.29, 1.82) is 0 Å². The highest BCUT2D eigenvalue weighted by molar-refractivity contribution is 9.10. The summed E-state index contributed by atoms with van der Waals surface area (Å²) in [5.41, 5.74) is 3.81. The quantitative estimate of drug-likeness (QED) is 0.696. The minimum atomic E-state index is -0.289. The van der Waals surface area contributed by atoms with Crippen molar-refractivity contribution in [2.75, 3.05) is 0 Å². The standard InChI is InChI=1S/C12H11BrN4O/c1-17-11(6-7-15-17)12(18)16-14-8-9-2-4-10(13)5-3-9/h2-8H,1H3,(H,16,18)/b14-8+. The van der Waals surface area contributed by atoms with Gasteiger partial charge in [-0.2, -0.15) is 10.2 Å². The zero-order chi connectivity index (χ0) is 13.0. The molecule has 0 radical (unpaired) electrons. The number of aromatic nitrogens is 2. The largest absolute Gasteiger partial charge is 0.289 e. The fraction of sp³-hybridized carbons (Fsp3) is 0.0833. The van der Waals surface area contributed by atoms with Crippen molar-refractivity contribution in [1.82, 2.24) is 15.2 Å². The predicted molar refractivity (Wildman–Crippen MR) is 72.4 cm³/mol. The predicted octanol–water partition coefficient (Wildman–Crippen LogP) is 1.95. The Morgan fingerprint density at radius 1 is 1.39 bits per heavy atom. The third-order valence-electron chi connectivity index (χ3n) is 2.30. The highest BCUT2D eigenvalue weighted by atomic mass is 79.9. The molecule has 0 aliphatic carbocycles. The van der Waals surface area contributed by atoms with Gasteiger partial charge >= 0.3 is 0 Å². The number of hydrazone groups is 1. The SMILES string of the molecule is Cn1nccc1C(=O)N/N=C/c1ccc(Br)cc1. The molecule has 92 valence electrons. The van der Waals surface area contributed by atoms with Crippen LogP contribution in [0, 0.1) is 0 Å². The first-order valence-corrected chi connectivity index (χ1v) is 6.03. The van der Waals surface area contributed by atoms with Gasteiger partial charge in [0.25, 0.3) is 5.91 Å². The number of rotatable bonds is 3. The first-order valence-electron chi connectivity index (χ1n) is 5.24. The van der Waals surface area contributed by atoms with Gasteiger partial charge in [-0.25, -0.2) is 5.43 Å². The average Bonchev–Trinajstić information content (AvgIpc) is 2.78. The van der Waals surface area contributed by atoms with Crippen LogP contribution < -0.4 is 5.43 Å². The second-order valence-electron chi connectivity index (χ2n) is 3.59. The minimum Gasteiger partial charge on any atom is -0.266 e. The van der Waals surface area contributed by atoms with Crippen LogP contribution in [0.5, 0.6) is 0 Å². The van der Waals surface area contributed by atoms with Crippen molar-refractivity contribution in [3.63, 3.8) is 0 Å². The van der Waals surface area contributed by atoms with Crippen LogP contribution in [0.3, 0.4) is 0 Å². The fourth-order valence-electron chi connectivity index (χ4n) is 1.37. The van der Waals surface area contributed by atoms with Gasteiger partial charge < -0.3 is 0 Å². The molecule has 0 saturated heterocycles. The molecule has 0 bridgehead atoms. The van der Waals surface area contributed by atoms with Gasteiger partial charge in [0.2, 0.25) is 0 Å². The smallest absolute Gasteiger partial charge is 0.266 e. The van der Waals surface area contributed by atoms with Gasteiger partial charge in [-0.1, -0.05) is 28.1 Å². The number of hydrogen-bond donors (Lipinski definition) is 1. The molecule has 1 heterocycles. The maximum atomic E-state index is 11.7. The molecular formula is C12H11BrN4O. The fourth-order valence-corrected chi connectivity index (χ4v) is 1.63. The van der Waals surface area contributed by atoms with Gasteiger partial charge in [-0.05, 0) is 23.8 Å². The molecular weight excluding hydrogens is 296 g/mol. The maximum Gasteiger partial charge on any atom is 0.289 e. The van der Waals surface area contributed by atoms with E-state index in [2.05, 4.69) is 31.6 Å². The van der Waals surface area contributed by atoms with E-state index < -0.39 is 0 Å². The molecule has 1 amide bonds. The summed E-state index contributed by atoms with van der Waals surface area (Å²) >= 11 is 3.35. The molecule has 0 spiro atoms. The number of hydrogen-bond acceptors (Lipinski definition) is 3. The van der Waals surface area contributed by atoms with Crippen LogP contribution in [-0.4, -0.2) is 21.9 Å². The molecule has 1 aromatic heterocycles. The van der Waals surface area contributed by atoms with Crippen LogP contribution >= 0.6 is 15.9 Å². The van der Waals surface area contributed by atoms with Crippen LogP contribution in [-0.2, 0) is 7.05 Å². The van der Waals surface area contributed by atoms with E-state index in [4.69, 9.17) is 0 Å². The highest BCUT2D eigenvalue weighted by Gasteiger charge is 2.07. The van der Waals surface area contributed by atoms with Crippen molar-refractivity contribution in [2.45, 2.75) is 0 Å². The summed E-state index contributed by atoms with van der Waals surface area (Å²) in [6, 6.07) is 9.23. The van der Waals surface area contributed by atoms with E-state index in [-0.39, 0.29) is 5.91 Å². The third kappa shape index (κ3) is 3.04. The molecule has 18 heavy (non-hydrogen) atoms. The number of halogens is 1. The Morgan fingerprint density at radius 2 is 2.11 bits per heavy atom. The van der Waals surface area contributed by atoms with E-state index in [0.29, 0.717) is 5.69 Å². The lowest BCUT2D eigenvalue weighted by Crippen LogP contribution is -2.20. The lowest BCUT2D eigenvalue weighted by molar-refractivity contribution is 0.0946. The van der Waals surface area contributed by atoms with Crippen LogP contribution in [0.2, 0.25) is 0 Å². The van der Waals surface area contributed by atoms with Crippen molar-refractivity contribution in [3.05, 3.63) is 52.3 Å². The molecule has 2 aromatic rings. The van der Waals surface area contributed by atoms with Gasteiger partial charge in [0, 0.05) is 17.7 Å². The van der Waals surface area contributed by atoms with Gasteiger partial charge in [-0.15, -0.1) is 0 Å². The molecule has 2 rings (SSSR count). The van der Waals surface area contributed by atoms with Crippen LogP contribution in [0.25, 0.3) is 0 Å². The second kappa shape index (κ2) is 5.59. The summed E-state index contributed by atoms with van der Waals surface area (Å²) in [7, 11) is 1.70. The van der Waals surface area contributed by atoms with Crippen LogP contribution in [0.15, 0.2) is 46.1 Å². The second-order valence-corrected chi connectivity index (χ2v) is 4.51. The van der Waals surface area contributed by atoms with Crippen LogP contribution in [0.4, 0.5) is 0 Å². The Morgan fingerprint density at radius 3 is 2.72 bits per heavy atom. The molecule has 0 aliphatic heterocycles. The number of aryl methyl sites for hydroxylation is 1. The van der Waals surface area contributed by atoms with Crippen molar-refractivity contribution in [3.8, 4) is 0 Å². The van der Waals surface area contributed by atoms with Gasteiger partial charge in [0.1, 0.15) is 5.69 Å². The van der Waals surface area contributed by atoms with E-state index in [0.717, 1.165) is 10.0 Å². The number of nitrogens with zero attached hydrogens (tertiary/aromatic N) is 3. The molecule has 0 saturated carbocycles. The van der Waals surface area contributed by atoms with E-state index in [1.165, 1.54) is 4.68 Å². The molecule has 0 fully saturated rings. The number of benzene rings is 1. The van der Waals surface area contributed by atoms with Gasteiger partial charge in [0.05, 0.1) is 6.21 Å². The van der Waals surface area contributed by atoms with E-state index >= 15 is 0 Å². The first kappa shape index (κ1) is 12.5. The van der Waals surface area contributed by atoms with Crippen LogP contribution in [0.1, 0.15) is 16.1 Å². The average molecular weight is 307 g/mol. The lowest BCUT2D eigenvalue weighted by Gasteiger charge is -1.99. The highest BCUT2D eigenvalue weighted by Crippen LogP contribution is 2.08. The number of carbonyl (C=O) groups is 1. The molecule has 1 N–H and O–H groups in total. The van der Waals surface area contributed by atoms with E-state index in [1.54, 1.807) is 25.5 Å². The lowest BCUT2D eigenvalue weighted by atomic mass is 10.2. The molecule has 0 atom stereocenters. The Hall–Kier alpha value is -1.95. The summed E-state index contributed by atoms with van der Waals surface area (Å²) in [6.07, 6.45) is 3.15. The Kier molecular flexibility index (Phi) is 3.88. The zero-order valence-corrected chi connectivity index (χ0v) is 11.3. The Balaban J connectivity index is 1.98. The molecule has 0 unspecified atom stereocenters. The molecule has 6 heteroatoms. The Labute approximate surface area is 113 Å². The summed E-state index contributed by atoms with van der Waals surface area (Å²) in [5, 5.41) is 7.80. The van der Waals surface area contributed by atoms with Crippen molar-refractivity contribution >= 4 is 28.1 Å². The maximum absolute atomic E-state index is 11.7. The van der Waals surface area contributed by atoms with Gasteiger partial charge in [-0.3, -0.25) is 9.48 Å². The summed E-state index contributed by atoms with van der Waals surface area (Å²) in [5.74, 6) is -0.289. The molecule has 5 nitrogen and oxygen atoms in total. The van der Waals surface area contributed by atoms with E-state index in [9.17, 15) is 4.79 Å². The normalized spacial score (nSPS) is 10.8. The third-order valence-corrected chi connectivity index (χ3v) is 2.83. The monoisotopic (exact) mass is 306 g/mol. The summed E-state index contributed by atoms with van der Waals surface area (Å²) in [4.78, 5) is 11.7. The summed E-state index contributed by atoms with van der Waals surface area (Å²) < 4.78 is 2.49.